The Bertz CT molecular complexity index is 1410. The van der Waals surface area contributed by atoms with Crippen LogP contribution < -0.4 is 11.0 Å². The first-order valence-corrected chi connectivity index (χ1v) is 8.51. The van der Waals surface area contributed by atoms with Gasteiger partial charge in [0, 0.05) is 24.2 Å². The Hall–Kier alpha value is -3.80. The fourth-order valence-electron chi connectivity index (χ4n) is 3.39. The number of aryl methyl sites for hydroxylation is 1. The van der Waals surface area contributed by atoms with Gasteiger partial charge in [-0.05, 0) is 24.3 Å². The summed E-state index contributed by atoms with van der Waals surface area (Å²) in [6, 6.07) is 12.5. The van der Waals surface area contributed by atoms with E-state index in [0.717, 1.165) is 11.1 Å². The molecule has 0 atom stereocenters. The Morgan fingerprint density at radius 1 is 1.00 bits per heavy atom. The molecule has 3 heterocycles. The molecule has 0 fully saturated rings. The van der Waals surface area contributed by atoms with Gasteiger partial charge in [0.15, 0.2) is 11.5 Å². The van der Waals surface area contributed by atoms with Crippen LogP contribution in [0, 0.1) is 0 Å². The lowest BCUT2D eigenvalue weighted by Gasteiger charge is -2.17. The summed E-state index contributed by atoms with van der Waals surface area (Å²) in [6.07, 6.45) is 7.26. The van der Waals surface area contributed by atoms with Gasteiger partial charge in [-0.1, -0.05) is 36.4 Å². The van der Waals surface area contributed by atoms with Gasteiger partial charge >= 0.3 is 0 Å². The van der Waals surface area contributed by atoms with Crippen LogP contribution in [0.3, 0.4) is 0 Å². The minimum absolute atomic E-state index is 0.0644. The van der Waals surface area contributed by atoms with Crippen molar-refractivity contribution in [1.82, 2.24) is 19.1 Å². The minimum Gasteiger partial charge on any atom is -0.328 e. The second-order valence-corrected chi connectivity index (χ2v) is 6.35. The van der Waals surface area contributed by atoms with Crippen molar-refractivity contribution in [3.05, 3.63) is 93.3 Å². The summed E-state index contributed by atoms with van der Waals surface area (Å²) in [6.45, 7) is 0. The Morgan fingerprint density at radius 3 is 2.48 bits per heavy atom. The topological polar surface area (TPSA) is 69.8 Å². The summed E-state index contributed by atoms with van der Waals surface area (Å²) >= 11 is 0. The van der Waals surface area contributed by atoms with Gasteiger partial charge in [-0.2, -0.15) is 0 Å². The molecule has 0 saturated carbocycles. The zero-order chi connectivity index (χ0) is 18.5. The quantitative estimate of drug-likeness (QED) is 0.519. The minimum atomic E-state index is -0.416. The molecule has 3 aromatic heterocycles. The number of pyridine rings is 2. The largest absolute Gasteiger partial charge is 0.328 e. The number of hydrogen-bond acceptors (Lipinski definition) is 4. The molecule has 0 N–H and O–H groups in total. The first-order valence-electron chi connectivity index (χ1n) is 8.51. The molecule has 0 amide bonds. The van der Waals surface area contributed by atoms with Crippen molar-refractivity contribution >= 4 is 27.5 Å². The number of hydrogen-bond donors (Lipinski definition) is 0. The van der Waals surface area contributed by atoms with Gasteiger partial charge in [0.2, 0.25) is 5.43 Å². The zero-order valence-electron chi connectivity index (χ0n) is 14.5. The summed E-state index contributed by atoms with van der Waals surface area (Å²) in [4.78, 5) is 35.5. The van der Waals surface area contributed by atoms with Gasteiger partial charge in [0.05, 0.1) is 5.52 Å². The van der Waals surface area contributed by atoms with Crippen LogP contribution in [0.1, 0.15) is 5.82 Å². The summed E-state index contributed by atoms with van der Waals surface area (Å²) in [5, 5.41) is 0.559. The average molecular weight is 354 g/mol. The van der Waals surface area contributed by atoms with Crippen LogP contribution >= 0.6 is 0 Å². The lowest BCUT2D eigenvalue weighted by molar-refractivity contribution is 0.873. The van der Waals surface area contributed by atoms with E-state index in [4.69, 9.17) is 4.98 Å². The van der Waals surface area contributed by atoms with Crippen molar-refractivity contribution < 1.29 is 0 Å². The summed E-state index contributed by atoms with van der Waals surface area (Å²) in [5.41, 5.74) is 1.20. The fourth-order valence-corrected chi connectivity index (χ4v) is 3.39. The molecule has 1 aliphatic rings. The highest BCUT2D eigenvalue weighted by Crippen LogP contribution is 2.23. The van der Waals surface area contributed by atoms with Gasteiger partial charge in [-0.3, -0.25) is 9.59 Å². The molecule has 0 unspecified atom stereocenters. The van der Waals surface area contributed by atoms with Crippen molar-refractivity contribution in [3.8, 4) is 5.82 Å². The predicted molar refractivity (Wildman–Crippen MR) is 105 cm³/mol. The third-order valence-corrected chi connectivity index (χ3v) is 4.81. The van der Waals surface area contributed by atoms with E-state index in [1.165, 1.54) is 4.57 Å². The lowest BCUT2D eigenvalue weighted by atomic mass is 10.1. The van der Waals surface area contributed by atoms with Crippen LogP contribution in [0.5, 0.6) is 0 Å². The molecule has 0 spiro atoms. The van der Waals surface area contributed by atoms with Gasteiger partial charge in [0.25, 0.3) is 5.56 Å². The Kier molecular flexibility index (Phi) is 3.21. The molecule has 4 aromatic rings. The molecular formula is C21H14N4O2. The first-order chi connectivity index (χ1) is 13.2. The maximum atomic E-state index is 13.4. The Morgan fingerprint density at radius 2 is 1.78 bits per heavy atom. The maximum absolute atomic E-state index is 13.4. The van der Waals surface area contributed by atoms with E-state index in [2.05, 4.69) is 4.98 Å². The monoisotopic (exact) mass is 354 g/mol. The van der Waals surface area contributed by atoms with Gasteiger partial charge in [0.1, 0.15) is 11.2 Å². The second kappa shape index (κ2) is 5.60. The highest BCUT2D eigenvalue weighted by atomic mass is 16.1. The SMILES string of the molecule is Cn1c2ccccc2c(=O)c2c(=O)n(-c3ccccn3)c(C3=CC=C3)nc21. The molecular weight excluding hydrogens is 340 g/mol. The lowest BCUT2D eigenvalue weighted by Crippen LogP contribution is -2.30. The number of aromatic nitrogens is 4. The third kappa shape index (κ3) is 2.13. The molecule has 0 radical (unpaired) electrons. The van der Waals surface area contributed by atoms with E-state index in [1.54, 1.807) is 41.1 Å². The summed E-state index contributed by atoms with van der Waals surface area (Å²) < 4.78 is 3.20. The maximum Gasteiger partial charge on any atom is 0.273 e. The molecule has 1 aromatic carbocycles. The zero-order valence-corrected chi connectivity index (χ0v) is 14.5. The predicted octanol–water partition coefficient (Wildman–Crippen LogP) is 2.59. The van der Waals surface area contributed by atoms with E-state index in [-0.39, 0.29) is 10.8 Å². The van der Waals surface area contributed by atoms with E-state index in [0.29, 0.717) is 22.7 Å². The van der Waals surface area contributed by atoms with Crippen LogP contribution in [-0.4, -0.2) is 19.1 Å². The molecule has 5 rings (SSSR count). The Balaban J connectivity index is 2.02. The smallest absolute Gasteiger partial charge is 0.273 e. The van der Waals surface area contributed by atoms with Crippen molar-refractivity contribution in [1.29, 1.82) is 0 Å². The van der Waals surface area contributed by atoms with E-state index in [1.807, 2.05) is 37.4 Å². The molecule has 0 bridgehead atoms. The molecule has 0 saturated heterocycles. The Labute approximate surface area is 153 Å². The van der Waals surface area contributed by atoms with E-state index >= 15 is 0 Å². The standard InChI is InChI=1S/C21H14N4O2/c1-24-15-10-3-2-9-14(15)18(26)17-20(24)23-19(13-7-6-8-13)25(21(17)27)16-11-4-5-12-22-16/h2-12H,1H3. The van der Waals surface area contributed by atoms with Crippen LogP contribution in [0.2, 0.25) is 0 Å². The average Bonchev–Trinajstić information content (AvgIpc) is 2.65. The van der Waals surface area contributed by atoms with Crippen molar-refractivity contribution in [3.63, 3.8) is 0 Å². The fraction of sp³-hybridized carbons (Fsp3) is 0.0476. The van der Waals surface area contributed by atoms with Crippen LogP contribution in [-0.2, 0) is 7.05 Å². The number of nitrogens with zero attached hydrogens (tertiary/aromatic N) is 4. The normalized spacial score (nSPS) is 13.0. The molecule has 1 aliphatic carbocycles. The van der Waals surface area contributed by atoms with E-state index in [9.17, 15) is 9.59 Å². The highest BCUT2D eigenvalue weighted by molar-refractivity contribution is 5.92. The number of allylic oxidation sites excluding steroid dienone is 4. The summed E-state index contributed by atoms with van der Waals surface area (Å²) in [5.74, 6) is 0.905. The van der Waals surface area contributed by atoms with Gasteiger partial charge in [-0.15, -0.1) is 0 Å². The molecule has 6 heteroatoms. The molecule has 0 aliphatic heterocycles. The second-order valence-electron chi connectivity index (χ2n) is 6.35. The molecule has 130 valence electrons. The van der Waals surface area contributed by atoms with Gasteiger partial charge < -0.3 is 4.57 Å². The molecule has 6 nitrogen and oxygen atoms in total. The van der Waals surface area contributed by atoms with E-state index < -0.39 is 5.56 Å². The highest BCUT2D eigenvalue weighted by Gasteiger charge is 2.21. The van der Waals surface area contributed by atoms with Crippen LogP contribution in [0.25, 0.3) is 33.3 Å². The van der Waals surface area contributed by atoms with Crippen LogP contribution in [0.4, 0.5) is 0 Å². The van der Waals surface area contributed by atoms with Crippen LogP contribution in [0.15, 0.2) is 76.5 Å². The van der Waals surface area contributed by atoms with Gasteiger partial charge in [-0.25, -0.2) is 14.5 Å². The van der Waals surface area contributed by atoms with Crippen molar-refractivity contribution in [2.45, 2.75) is 0 Å². The van der Waals surface area contributed by atoms with Crippen molar-refractivity contribution in [2.24, 2.45) is 7.05 Å². The third-order valence-electron chi connectivity index (χ3n) is 4.81. The van der Waals surface area contributed by atoms with Crippen molar-refractivity contribution in [2.75, 3.05) is 0 Å². The number of fused-ring (bicyclic) bond motifs is 2. The number of para-hydroxylation sites is 1. The summed E-state index contributed by atoms with van der Waals surface area (Å²) in [7, 11) is 1.82. The number of benzene rings is 1. The first kappa shape index (κ1) is 15.5. The molecule has 27 heavy (non-hydrogen) atoms. The number of rotatable bonds is 2.